The van der Waals surface area contributed by atoms with Crippen molar-refractivity contribution in [2.75, 3.05) is 6.54 Å². The van der Waals surface area contributed by atoms with Gasteiger partial charge in [-0.05, 0) is 79.2 Å². The highest BCUT2D eigenvalue weighted by molar-refractivity contribution is 7.90. The van der Waals surface area contributed by atoms with Gasteiger partial charge in [0.2, 0.25) is 15.0 Å². The molecule has 3 heterocycles. The molecule has 33 heavy (non-hydrogen) atoms. The Labute approximate surface area is 191 Å². The Morgan fingerprint density at radius 3 is 2.91 bits per heavy atom. The molecule has 172 valence electrons. The van der Waals surface area contributed by atoms with Gasteiger partial charge in [0, 0.05) is 12.7 Å². The van der Waals surface area contributed by atoms with E-state index in [1.54, 1.807) is 28.8 Å². The van der Waals surface area contributed by atoms with Gasteiger partial charge >= 0.3 is 0 Å². The van der Waals surface area contributed by atoms with Gasteiger partial charge in [-0.15, -0.1) is 0 Å². The van der Waals surface area contributed by atoms with Crippen LogP contribution >= 0.6 is 0 Å². The Kier molecular flexibility index (Phi) is 3.84. The lowest BCUT2D eigenvalue weighted by Gasteiger charge is -2.59. The van der Waals surface area contributed by atoms with Crippen molar-refractivity contribution < 1.29 is 13.2 Å². The van der Waals surface area contributed by atoms with Gasteiger partial charge in [0.05, 0.1) is 5.69 Å². The number of hydrogen-bond acceptors (Lipinski definition) is 6. The van der Waals surface area contributed by atoms with E-state index in [1.165, 1.54) is 38.5 Å². The zero-order valence-electron chi connectivity index (χ0n) is 18.2. The number of aromatic nitrogens is 5. The number of aromatic amines is 1. The molecule has 2 N–H and O–H groups in total. The van der Waals surface area contributed by atoms with Gasteiger partial charge in [-0.1, -0.05) is 6.07 Å². The van der Waals surface area contributed by atoms with Crippen LogP contribution in [0.3, 0.4) is 0 Å². The van der Waals surface area contributed by atoms with Gasteiger partial charge in [0.1, 0.15) is 23.4 Å². The van der Waals surface area contributed by atoms with Crippen molar-refractivity contribution in [1.82, 2.24) is 29.9 Å². The Hall–Kier alpha value is -2.75. The first-order valence-electron chi connectivity index (χ1n) is 11.7. The van der Waals surface area contributed by atoms with Crippen LogP contribution in [-0.2, 0) is 15.6 Å². The second-order valence-electron chi connectivity index (χ2n) is 10.8. The summed E-state index contributed by atoms with van der Waals surface area (Å²) in [6.07, 6.45) is 10.8. The van der Waals surface area contributed by atoms with E-state index >= 15 is 0 Å². The van der Waals surface area contributed by atoms with Crippen molar-refractivity contribution in [3.8, 4) is 0 Å². The van der Waals surface area contributed by atoms with Crippen LogP contribution in [0.25, 0.3) is 5.65 Å². The molecule has 3 aromatic rings. The van der Waals surface area contributed by atoms with Crippen molar-refractivity contribution in [2.45, 2.75) is 49.4 Å². The van der Waals surface area contributed by atoms with Crippen LogP contribution in [0.1, 0.15) is 54.7 Å². The molecule has 4 saturated carbocycles. The van der Waals surface area contributed by atoms with E-state index in [0.717, 1.165) is 30.6 Å². The molecule has 3 aromatic heterocycles. The molecule has 5 atom stereocenters. The molecule has 10 heteroatoms. The first-order chi connectivity index (χ1) is 15.9. The number of nitrogens with zero attached hydrogens (tertiary/aromatic N) is 4. The molecule has 5 unspecified atom stereocenters. The smallest absolute Gasteiger partial charge is 0.268 e. The van der Waals surface area contributed by atoms with E-state index in [1.807, 2.05) is 0 Å². The van der Waals surface area contributed by atoms with Crippen LogP contribution in [0.15, 0.2) is 35.9 Å². The summed E-state index contributed by atoms with van der Waals surface area (Å²) in [6.45, 7) is 0.739. The van der Waals surface area contributed by atoms with Gasteiger partial charge in [-0.3, -0.25) is 14.3 Å². The van der Waals surface area contributed by atoms with E-state index in [2.05, 4.69) is 25.5 Å². The number of hydrogen-bond donors (Lipinski definition) is 2. The molecule has 4 aliphatic carbocycles. The zero-order valence-corrected chi connectivity index (χ0v) is 19.0. The number of rotatable bonds is 6. The van der Waals surface area contributed by atoms with Gasteiger partial charge < -0.3 is 5.32 Å². The SMILES string of the molecule is O=C(NCC12CC3CC4CC(C1)C2(C4)C3)c1cccc2nc(CS(=O)(=O)c3ncn[nH]3)cn12. The first-order valence-corrected chi connectivity index (χ1v) is 13.4. The molecule has 4 aliphatic rings. The van der Waals surface area contributed by atoms with E-state index < -0.39 is 9.84 Å². The highest BCUT2D eigenvalue weighted by Crippen LogP contribution is 2.81. The maximum atomic E-state index is 13.3. The molecule has 0 saturated heterocycles. The lowest BCUT2D eigenvalue weighted by Crippen LogP contribution is -2.57. The summed E-state index contributed by atoms with van der Waals surface area (Å²) in [5.74, 6) is 2.19. The number of carbonyl (C=O) groups is 1. The summed E-state index contributed by atoms with van der Waals surface area (Å²) >= 11 is 0. The third-order valence-corrected chi connectivity index (χ3v) is 10.6. The predicted octanol–water partition coefficient (Wildman–Crippen LogP) is 2.37. The predicted molar refractivity (Wildman–Crippen MR) is 118 cm³/mol. The maximum absolute atomic E-state index is 13.3. The molecule has 0 aliphatic heterocycles. The molecular formula is C23H26N6O3S. The Balaban J connectivity index is 1.12. The maximum Gasteiger partial charge on any atom is 0.268 e. The summed E-state index contributed by atoms with van der Waals surface area (Å²) < 4.78 is 26.8. The fraction of sp³-hybridized carbons (Fsp3) is 0.565. The lowest BCUT2D eigenvalue weighted by molar-refractivity contribution is -0.0960. The molecule has 4 fully saturated rings. The highest BCUT2D eigenvalue weighted by Gasteiger charge is 2.73. The van der Waals surface area contributed by atoms with Crippen molar-refractivity contribution in [3.05, 3.63) is 42.1 Å². The van der Waals surface area contributed by atoms with Gasteiger partial charge in [-0.2, -0.15) is 5.10 Å². The second kappa shape index (κ2) is 6.43. The highest BCUT2D eigenvalue weighted by atomic mass is 32.2. The van der Waals surface area contributed by atoms with E-state index in [-0.39, 0.29) is 22.2 Å². The van der Waals surface area contributed by atoms with Gasteiger partial charge in [-0.25, -0.2) is 18.4 Å². The quantitative estimate of drug-likeness (QED) is 0.575. The molecule has 1 spiro atoms. The van der Waals surface area contributed by atoms with Crippen LogP contribution < -0.4 is 5.32 Å². The standard InChI is InChI=1S/C23H26N6O3S/c30-20(24-12-22-6-15-4-14-5-16(9-22)23(22,7-14)8-15)18-2-1-3-19-27-17(10-29(18)19)11-33(31,32)21-25-13-26-28-21/h1-3,10,13-16H,4-9,11-12H2,(H,24,30)(H,25,26,28). The number of H-pyrrole nitrogens is 1. The number of amides is 1. The van der Waals surface area contributed by atoms with E-state index in [9.17, 15) is 13.2 Å². The Morgan fingerprint density at radius 2 is 2.06 bits per heavy atom. The monoisotopic (exact) mass is 466 g/mol. The summed E-state index contributed by atoms with van der Waals surface area (Å²) in [6, 6.07) is 5.32. The van der Waals surface area contributed by atoms with E-state index in [4.69, 9.17) is 0 Å². The molecule has 3 bridgehead atoms. The number of imidazole rings is 1. The van der Waals surface area contributed by atoms with Crippen molar-refractivity contribution >= 4 is 21.4 Å². The number of fused-ring (bicyclic) bond motifs is 3. The first kappa shape index (κ1) is 19.7. The number of nitrogens with one attached hydrogen (secondary N) is 2. The van der Waals surface area contributed by atoms with Crippen LogP contribution in [0.4, 0.5) is 0 Å². The zero-order chi connectivity index (χ0) is 22.4. The number of carbonyl (C=O) groups excluding carboxylic acids is 1. The van der Waals surface area contributed by atoms with Crippen LogP contribution in [0, 0.1) is 28.6 Å². The molecule has 1 amide bonds. The average Bonchev–Trinajstić information content (AvgIpc) is 3.51. The normalized spacial score (nSPS) is 33.9. The fourth-order valence-corrected chi connectivity index (χ4v) is 9.22. The summed E-state index contributed by atoms with van der Waals surface area (Å²) in [4.78, 5) is 21.4. The van der Waals surface area contributed by atoms with Crippen LogP contribution in [0.2, 0.25) is 0 Å². The average molecular weight is 467 g/mol. The third-order valence-electron chi connectivity index (χ3n) is 9.13. The van der Waals surface area contributed by atoms with Gasteiger partial charge in [0.15, 0.2) is 0 Å². The summed E-state index contributed by atoms with van der Waals surface area (Å²) in [5, 5.41) is 9.07. The van der Waals surface area contributed by atoms with Crippen LogP contribution in [0.5, 0.6) is 0 Å². The largest absolute Gasteiger partial charge is 0.350 e. The Morgan fingerprint density at radius 1 is 1.18 bits per heavy atom. The molecule has 7 rings (SSSR count). The molecule has 0 radical (unpaired) electrons. The minimum absolute atomic E-state index is 0.132. The number of pyridine rings is 1. The summed E-state index contributed by atoms with van der Waals surface area (Å²) in [5.41, 5.74) is 2.13. The molecule has 0 aromatic carbocycles. The topological polar surface area (TPSA) is 122 Å². The second-order valence-corrected chi connectivity index (χ2v) is 12.7. The lowest BCUT2D eigenvalue weighted by atomic mass is 9.46. The minimum atomic E-state index is -3.69. The van der Waals surface area contributed by atoms with Crippen molar-refractivity contribution in [2.24, 2.45) is 28.6 Å². The fourth-order valence-electron chi connectivity index (χ4n) is 8.16. The van der Waals surface area contributed by atoms with Gasteiger partial charge in [0.25, 0.3) is 5.91 Å². The minimum Gasteiger partial charge on any atom is -0.350 e. The van der Waals surface area contributed by atoms with Crippen molar-refractivity contribution in [1.29, 1.82) is 0 Å². The summed E-state index contributed by atoms with van der Waals surface area (Å²) in [7, 11) is -3.69. The van der Waals surface area contributed by atoms with Crippen molar-refractivity contribution in [3.63, 3.8) is 0 Å². The van der Waals surface area contributed by atoms with Crippen LogP contribution in [-0.4, -0.2) is 45.4 Å². The number of sulfone groups is 1. The van der Waals surface area contributed by atoms with E-state index in [0.29, 0.717) is 22.5 Å². The third kappa shape index (κ3) is 2.67. The molecule has 9 nitrogen and oxygen atoms in total. The Bertz CT molecular complexity index is 1380. The molecular weight excluding hydrogens is 440 g/mol.